The molecule has 3 nitrogen and oxygen atoms in total. The summed E-state index contributed by atoms with van der Waals surface area (Å²) in [5.74, 6) is -1.83. The van der Waals surface area contributed by atoms with Gasteiger partial charge in [-0.2, -0.15) is 26.3 Å². The molecule has 1 N–H and O–H groups in total. The van der Waals surface area contributed by atoms with Crippen LogP contribution in [0.4, 0.5) is 26.3 Å². The summed E-state index contributed by atoms with van der Waals surface area (Å²) in [4.78, 5) is 10.4. The average molecular weight is 223 g/mol. The number of hydrogen-bond donors (Lipinski definition) is 1. The molecule has 1 amide bonds. The van der Waals surface area contributed by atoms with Crippen molar-refractivity contribution in [3.05, 3.63) is 0 Å². The number of alkyl halides is 6. The maximum absolute atomic E-state index is 11.8. The first-order chi connectivity index (χ1) is 6.12. The van der Waals surface area contributed by atoms with Gasteiger partial charge in [0.15, 0.2) is 0 Å². The Labute approximate surface area is 73.0 Å². The highest BCUT2D eigenvalue weighted by Crippen LogP contribution is 2.32. The number of halogens is 6. The van der Waals surface area contributed by atoms with Crippen molar-refractivity contribution in [3.63, 3.8) is 0 Å². The second-order valence-electron chi connectivity index (χ2n) is 2.49. The number of carbonyl (C=O) groups excluding carboxylic acids is 1. The summed E-state index contributed by atoms with van der Waals surface area (Å²) < 4.78 is 74.3. The largest absolute Gasteiger partial charge is 0.433 e. The topological polar surface area (TPSA) is 38.3 Å². The zero-order valence-electron chi connectivity index (χ0n) is 6.24. The van der Waals surface area contributed by atoms with E-state index in [9.17, 15) is 31.1 Å². The number of carbonyl (C=O) groups is 1. The summed E-state index contributed by atoms with van der Waals surface area (Å²) in [5.41, 5.74) is 0. The van der Waals surface area contributed by atoms with Gasteiger partial charge < -0.3 is 10.1 Å². The minimum Gasteiger partial charge on any atom is -0.327 e. The lowest BCUT2D eigenvalue weighted by Gasteiger charge is -2.15. The summed E-state index contributed by atoms with van der Waals surface area (Å²) >= 11 is 0. The van der Waals surface area contributed by atoms with Gasteiger partial charge in [-0.05, 0) is 0 Å². The molecular formula is C5H3F6NO2. The maximum atomic E-state index is 11.8. The van der Waals surface area contributed by atoms with Gasteiger partial charge >= 0.3 is 12.4 Å². The highest BCUT2D eigenvalue weighted by atomic mass is 19.4. The van der Waals surface area contributed by atoms with Gasteiger partial charge in [0, 0.05) is 0 Å². The normalized spacial score (nSPS) is 29.1. The van der Waals surface area contributed by atoms with Crippen LogP contribution in [0, 0.1) is 0 Å². The van der Waals surface area contributed by atoms with Crippen LogP contribution in [0.15, 0.2) is 0 Å². The van der Waals surface area contributed by atoms with Gasteiger partial charge in [0.1, 0.15) is 0 Å². The lowest BCUT2D eigenvalue weighted by atomic mass is 10.3. The molecule has 82 valence electrons. The van der Waals surface area contributed by atoms with Gasteiger partial charge in [-0.1, -0.05) is 0 Å². The maximum Gasteiger partial charge on any atom is 0.433 e. The van der Waals surface area contributed by atoms with Crippen LogP contribution in [0.2, 0.25) is 0 Å². The second-order valence-corrected chi connectivity index (χ2v) is 2.49. The second kappa shape index (κ2) is 3.01. The van der Waals surface area contributed by atoms with Gasteiger partial charge in [-0.15, -0.1) is 0 Å². The van der Waals surface area contributed by atoms with E-state index in [0.717, 1.165) is 5.32 Å². The van der Waals surface area contributed by atoms with E-state index in [1.807, 2.05) is 0 Å². The highest BCUT2D eigenvalue weighted by Gasteiger charge is 2.58. The van der Waals surface area contributed by atoms with E-state index in [4.69, 9.17) is 0 Å². The zero-order valence-corrected chi connectivity index (χ0v) is 6.24. The minimum atomic E-state index is -5.13. The van der Waals surface area contributed by atoms with Gasteiger partial charge in [0.05, 0.1) is 0 Å². The van der Waals surface area contributed by atoms with Crippen LogP contribution in [-0.4, -0.2) is 30.6 Å². The SMILES string of the molecule is O=C1NC(C(F)(F)F)OC1C(F)(F)F. The molecule has 1 aliphatic heterocycles. The molecule has 0 spiro atoms. The minimum absolute atomic E-state index is 1.04. The Morgan fingerprint density at radius 3 is 1.79 bits per heavy atom. The monoisotopic (exact) mass is 223 g/mol. The highest BCUT2D eigenvalue weighted by molar-refractivity contribution is 5.83. The van der Waals surface area contributed by atoms with Crippen LogP contribution in [0.25, 0.3) is 0 Å². The summed E-state index contributed by atoms with van der Waals surface area (Å²) in [6.07, 6.45) is -16.1. The van der Waals surface area contributed by atoms with E-state index in [0.29, 0.717) is 0 Å². The van der Waals surface area contributed by atoms with Crippen molar-refractivity contribution in [2.24, 2.45) is 0 Å². The predicted octanol–water partition coefficient (Wildman–Crippen LogP) is 0.952. The van der Waals surface area contributed by atoms with E-state index < -0.39 is 30.6 Å². The predicted molar refractivity (Wildman–Crippen MR) is 28.9 cm³/mol. The Bertz CT molecular complexity index is 246. The third kappa shape index (κ3) is 2.08. The zero-order chi connectivity index (χ0) is 11.1. The summed E-state index contributed by atoms with van der Waals surface area (Å²) in [7, 11) is 0. The van der Waals surface area contributed by atoms with Crippen molar-refractivity contribution in [1.29, 1.82) is 0 Å². The third-order valence-corrected chi connectivity index (χ3v) is 1.38. The molecule has 1 rings (SSSR count). The van der Waals surface area contributed by atoms with Crippen LogP contribution in [0.5, 0.6) is 0 Å². The molecule has 1 heterocycles. The van der Waals surface area contributed by atoms with E-state index in [2.05, 4.69) is 4.74 Å². The van der Waals surface area contributed by atoms with Crippen molar-refractivity contribution in [2.45, 2.75) is 24.7 Å². The number of rotatable bonds is 0. The fourth-order valence-electron chi connectivity index (χ4n) is 0.822. The summed E-state index contributed by atoms with van der Waals surface area (Å²) in [6, 6.07) is 0. The molecule has 0 aliphatic carbocycles. The molecule has 9 heteroatoms. The van der Waals surface area contributed by atoms with E-state index in [-0.39, 0.29) is 0 Å². The van der Waals surface area contributed by atoms with Crippen LogP contribution in [0.1, 0.15) is 0 Å². The van der Waals surface area contributed by atoms with Gasteiger partial charge in [-0.3, -0.25) is 4.79 Å². The molecule has 0 aromatic carbocycles. The fourth-order valence-corrected chi connectivity index (χ4v) is 0.822. The Kier molecular flexibility index (Phi) is 2.38. The number of nitrogens with one attached hydrogen (secondary N) is 1. The standard InChI is InChI=1S/C5H3F6NO2/c6-4(7,8)1-2(13)12-3(14-1)5(9,10)11/h1,3H,(H,12,13). The lowest BCUT2D eigenvalue weighted by molar-refractivity contribution is -0.261. The Morgan fingerprint density at radius 1 is 1.07 bits per heavy atom. The molecule has 2 unspecified atom stereocenters. The smallest absolute Gasteiger partial charge is 0.327 e. The Morgan fingerprint density at radius 2 is 1.57 bits per heavy atom. The van der Waals surface area contributed by atoms with Crippen molar-refractivity contribution in [1.82, 2.24) is 5.32 Å². The van der Waals surface area contributed by atoms with E-state index in [1.165, 1.54) is 0 Å². The molecule has 0 aromatic heterocycles. The van der Waals surface area contributed by atoms with Crippen LogP contribution < -0.4 is 5.32 Å². The lowest BCUT2D eigenvalue weighted by Crippen LogP contribution is -2.39. The van der Waals surface area contributed by atoms with Gasteiger partial charge in [0.25, 0.3) is 5.91 Å². The fraction of sp³-hybridized carbons (Fsp3) is 0.800. The van der Waals surface area contributed by atoms with Gasteiger partial charge in [0.2, 0.25) is 12.3 Å². The first-order valence-electron chi connectivity index (χ1n) is 3.21. The number of amides is 1. The third-order valence-electron chi connectivity index (χ3n) is 1.38. The molecule has 0 aromatic rings. The van der Waals surface area contributed by atoms with Crippen LogP contribution in [0.3, 0.4) is 0 Å². The molecule has 14 heavy (non-hydrogen) atoms. The first-order valence-corrected chi connectivity index (χ1v) is 3.21. The van der Waals surface area contributed by atoms with Crippen LogP contribution >= 0.6 is 0 Å². The first kappa shape index (κ1) is 11.1. The molecule has 1 aliphatic rings. The van der Waals surface area contributed by atoms with Crippen molar-refractivity contribution < 1.29 is 35.9 Å². The number of ether oxygens (including phenoxy) is 1. The quantitative estimate of drug-likeness (QED) is 0.621. The summed E-state index contributed by atoms with van der Waals surface area (Å²) in [6.45, 7) is 0. The van der Waals surface area contributed by atoms with E-state index in [1.54, 1.807) is 0 Å². The summed E-state index contributed by atoms with van der Waals surface area (Å²) in [5, 5.41) is 1.04. The van der Waals surface area contributed by atoms with Crippen molar-refractivity contribution in [3.8, 4) is 0 Å². The molecule has 2 atom stereocenters. The molecule has 1 fully saturated rings. The van der Waals surface area contributed by atoms with Crippen molar-refractivity contribution >= 4 is 5.91 Å². The average Bonchev–Trinajstić information content (AvgIpc) is 2.27. The van der Waals surface area contributed by atoms with Gasteiger partial charge in [-0.25, -0.2) is 0 Å². The van der Waals surface area contributed by atoms with E-state index >= 15 is 0 Å². The van der Waals surface area contributed by atoms with Crippen LogP contribution in [-0.2, 0) is 9.53 Å². The Balaban J connectivity index is 2.75. The molecule has 0 saturated carbocycles. The molecule has 1 saturated heterocycles. The molecular weight excluding hydrogens is 220 g/mol. The number of hydrogen-bond acceptors (Lipinski definition) is 2. The molecule has 0 bridgehead atoms. The molecule has 0 radical (unpaired) electrons. The Hall–Kier alpha value is -0.990. The van der Waals surface area contributed by atoms with Crippen molar-refractivity contribution in [2.75, 3.05) is 0 Å².